The summed E-state index contributed by atoms with van der Waals surface area (Å²) in [5.41, 5.74) is 0. The summed E-state index contributed by atoms with van der Waals surface area (Å²) in [6.07, 6.45) is 0.969. The fourth-order valence-corrected chi connectivity index (χ4v) is 3.44. The molecule has 84 valence electrons. The molecule has 0 saturated heterocycles. The maximum atomic E-state index is 11.5. The molecule has 0 spiro atoms. The van der Waals surface area contributed by atoms with Crippen molar-refractivity contribution in [3.05, 3.63) is 24.3 Å². The van der Waals surface area contributed by atoms with E-state index in [0.717, 1.165) is 6.26 Å². The molecule has 1 N–H and O–H groups in total. The summed E-state index contributed by atoms with van der Waals surface area (Å²) in [6, 6.07) is 5.46. The largest absolute Gasteiger partial charge is 0.241 e. The minimum absolute atomic E-state index is 0.195. The zero-order valence-corrected chi connectivity index (χ0v) is 9.89. The van der Waals surface area contributed by atoms with E-state index in [9.17, 15) is 16.8 Å². The highest BCUT2D eigenvalue weighted by Crippen LogP contribution is 2.19. The van der Waals surface area contributed by atoms with Crippen LogP contribution in [-0.2, 0) is 19.9 Å². The summed E-state index contributed by atoms with van der Waals surface area (Å²) < 4.78 is 47.7. The van der Waals surface area contributed by atoms with Crippen molar-refractivity contribution in [1.82, 2.24) is 4.72 Å². The van der Waals surface area contributed by atoms with Gasteiger partial charge in [-0.3, -0.25) is 0 Å². The Hall–Kier alpha value is -0.920. The van der Waals surface area contributed by atoms with E-state index in [-0.39, 0.29) is 9.79 Å². The van der Waals surface area contributed by atoms with Crippen LogP contribution in [0, 0.1) is 0 Å². The summed E-state index contributed by atoms with van der Waals surface area (Å²) in [4.78, 5) is -0.422. The third kappa shape index (κ3) is 2.55. The molecule has 0 aliphatic carbocycles. The van der Waals surface area contributed by atoms with Crippen molar-refractivity contribution in [1.29, 1.82) is 0 Å². The Kier molecular flexibility index (Phi) is 3.17. The fraction of sp³-hybridized carbons (Fsp3) is 0.250. The first-order valence-electron chi connectivity index (χ1n) is 4.01. The summed E-state index contributed by atoms with van der Waals surface area (Å²) in [6.45, 7) is 0. The molecular weight excluding hydrogens is 238 g/mol. The molecule has 1 aromatic carbocycles. The maximum Gasteiger partial charge on any atom is 0.241 e. The number of benzene rings is 1. The lowest BCUT2D eigenvalue weighted by Gasteiger charge is -2.07. The smallest absolute Gasteiger partial charge is 0.224 e. The van der Waals surface area contributed by atoms with E-state index < -0.39 is 19.9 Å². The van der Waals surface area contributed by atoms with Crippen molar-refractivity contribution in [2.75, 3.05) is 13.3 Å². The molecular formula is C8H11NO4S2. The minimum Gasteiger partial charge on any atom is -0.224 e. The van der Waals surface area contributed by atoms with E-state index in [0.29, 0.717) is 0 Å². The number of hydrogen-bond donors (Lipinski definition) is 1. The second-order valence-corrected chi connectivity index (χ2v) is 6.77. The highest BCUT2D eigenvalue weighted by Gasteiger charge is 2.21. The van der Waals surface area contributed by atoms with Crippen LogP contribution in [0.3, 0.4) is 0 Å². The predicted octanol–water partition coefficient (Wildman–Crippen LogP) is -0.00180. The SMILES string of the molecule is CNS(=O)(=O)c1ccccc1S(C)(=O)=O. The molecule has 1 rings (SSSR count). The second kappa shape index (κ2) is 3.92. The van der Waals surface area contributed by atoms with Crippen LogP contribution in [0.15, 0.2) is 34.1 Å². The summed E-state index contributed by atoms with van der Waals surface area (Å²) in [5, 5.41) is 0. The van der Waals surface area contributed by atoms with Crippen molar-refractivity contribution in [2.24, 2.45) is 0 Å². The molecule has 0 heterocycles. The number of sulfonamides is 1. The van der Waals surface area contributed by atoms with E-state index in [1.807, 2.05) is 0 Å². The first-order valence-corrected chi connectivity index (χ1v) is 7.39. The Morgan fingerprint density at radius 2 is 1.47 bits per heavy atom. The standard InChI is InChI=1S/C8H11NO4S2/c1-9-15(12,13)8-6-4-3-5-7(8)14(2,10)11/h3-6,9H,1-2H3. The van der Waals surface area contributed by atoms with Crippen LogP contribution < -0.4 is 4.72 Å². The number of sulfone groups is 1. The Bertz CT molecular complexity index is 560. The van der Waals surface area contributed by atoms with Crippen LogP contribution in [0.1, 0.15) is 0 Å². The molecule has 0 amide bonds. The van der Waals surface area contributed by atoms with E-state index in [4.69, 9.17) is 0 Å². The van der Waals surface area contributed by atoms with Crippen LogP contribution in [0.4, 0.5) is 0 Å². The van der Waals surface area contributed by atoms with Gasteiger partial charge in [0.2, 0.25) is 10.0 Å². The van der Waals surface area contributed by atoms with Gasteiger partial charge in [0.25, 0.3) is 0 Å². The molecule has 0 radical (unpaired) electrons. The molecule has 0 unspecified atom stereocenters. The predicted molar refractivity (Wildman–Crippen MR) is 55.8 cm³/mol. The van der Waals surface area contributed by atoms with Gasteiger partial charge in [0.05, 0.1) is 4.90 Å². The number of hydrogen-bond acceptors (Lipinski definition) is 4. The lowest BCUT2D eigenvalue weighted by Crippen LogP contribution is -2.21. The highest BCUT2D eigenvalue weighted by atomic mass is 32.2. The first kappa shape index (κ1) is 12.2. The zero-order valence-electron chi connectivity index (χ0n) is 8.26. The van der Waals surface area contributed by atoms with Gasteiger partial charge in [0, 0.05) is 6.26 Å². The molecule has 0 fully saturated rings. The highest BCUT2D eigenvalue weighted by molar-refractivity contribution is 7.93. The number of rotatable bonds is 3. The second-order valence-electron chi connectivity index (χ2n) is 2.93. The lowest BCUT2D eigenvalue weighted by molar-refractivity contribution is 0.579. The Balaban J connectivity index is 3.59. The van der Waals surface area contributed by atoms with Gasteiger partial charge in [-0.1, -0.05) is 12.1 Å². The van der Waals surface area contributed by atoms with Crippen molar-refractivity contribution in [2.45, 2.75) is 9.79 Å². The molecule has 7 heteroatoms. The fourth-order valence-electron chi connectivity index (χ4n) is 1.09. The monoisotopic (exact) mass is 249 g/mol. The van der Waals surface area contributed by atoms with Crippen molar-refractivity contribution >= 4 is 19.9 Å². The summed E-state index contributed by atoms with van der Waals surface area (Å²) in [7, 11) is -6.06. The Morgan fingerprint density at radius 1 is 1.00 bits per heavy atom. The van der Waals surface area contributed by atoms with Gasteiger partial charge in [-0.25, -0.2) is 21.6 Å². The summed E-state index contributed by atoms with van der Waals surface area (Å²) in [5.74, 6) is 0. The van der Waals surface area contributed by atoms with Crippen molar-refractivity contribution < 1.29 is 16.8 Å². The molecule has 15 heavy (non-hydrogen) atoms. The first-order chi connectivity index (χ1) is 6.79. The normalized spacial score (nSPS) is 12.7. The van der Waals surface area contributed by atoms with Gasteiger partial charge in [-0.15, -0.1) is 0 Å². The Morgan fingerprint density at radius 3 is 1.87 bits per heavy atom. The van der Waals surface area contributed by atoms with E-state index in [1.54, 1.807) is 0 Å². The molecule has 5 nitrogen and oxygen atoms in total. The molecule has 1 aromatic rings. The van der Waals surface area contributed by atoms with Crippen LogP contribution in [0.25, 0.3) is 0 Å². The van der Waals surface area contributed by atoms with Gasteiger partial charge >= 0.3 is 0 Å². The molecule has 0 aliphatic heterocycles. The van der Waals surface area contributed by atoms with Crippen LogP contribution in [0.5, 0.6) is 0 Å². The molecule has 0 saturated carbocycles. The van der Waals surface area contributed by atoms with Gasteiger partial charge in [0.15, 0.2) is 9.84 Å². The quantitative estimate of drug-likeness (QED) is 0.817. The topological polar surface area (TPSA) is 80.3 Å². The maximum absolute atomic E-state index is 11.5. The van der Waals surface area contributed by atoms with E-state index in [2.05, 4.69) is 4.72 Å². The molecule has 0 bridgehead atoms. The van der Waals surface area contributed by atoms with Crippen molar-refractivity contribution in [3.8, 4) is 0 Å². The third-order valence-corrected chi connectivity index (χ3v) is 4.56. The molecule has 0 aliphatic rings. The average Bonchev–Trinajstić information content (AvgIpc) is 2.16. The average molecular weight is 249 g/mol. The van der Waals surface area contributed by atoms with Crippen LogP contribution >= 0.6 is 0 Å². The lowest BCUT2D eigenvalue weighted by atomic mass is 10.4. The van der Waals surface area contributed by atoms with Crippen LogP contribution in [0.2, 0.25) is 0 Å². The summed E-state index contributed by atoms with van der Waals surface area (Å²) >= 11 is 0. The van der Waals surface area contributed by atoms with Crippen molar-refractivity contribution in [3.63, 3.8) is 0 Å². The van der Waals surface area contributed by atoms with Gasteiger partial charge in [-0.2, -0.15) is 0 Å². The van der Waals surface area contributed by atoms with E-state index >= 15 is 0 Å². The zero-order chi connectivity index (χ0) is 11.7. The molecule has 0 atom stereocenters. The van der Waals surface area contributed by atoms with Gasteiger partial charge in [0.1, 0.15) is 4.90 Å². The van der Waals surface area contributed by atoms with Crippen LogP contribution in [-0.4, -0.2) is 30.1 Å². The number of nitrogens with one attached hydrogen (secondary N) is 1. The van der Waals surface area contributed by atoms with Gasteiger partial charge < -0.3 is 0 Å². The third-order valence-electron chi connectivity index (χ3n) is 1.81. The van der Waals surface area contributed by atoms with E-state index in [1.165, 1.54) is 31.3 Å². The minimum atomic E-state index is -3.74. The molecule has 0 aromatic heterocycles. The Labute approximate surface area is 89.1 Å². The van der Waals surface area contributed by atoms with Gasteiger partial charge in [-0.05, 0) is 19.2 Å².